The minimum Gasteiger partial charge on any atom is -0.492 e. The maximum absolute atomic E-state index is 11.6. The van der Waals surface area contributed by atoms with E-state index in [0.29, 0.717) is 12.2 Å². The van der Waals surface area contributed by atoms with Crippen molar-refractivity contribution in [1.82, 2.24) is 4.90 Å². The fourth-order valence-corrected chi connectivity index (χ4v) is 3.05. The van der Waals surface area contributed by atoms with Crippen molar-refractivity contribution in [3.8, 4) is 5.75 Å². The van der Waals surface area contributed by atoms with Crippen molar-refractivity contribution < 1.29 is 9.53 Å². The van der Waals surface area contributed by atoms with Crippen molar-refractivity contribution in [2.24, 2.45) is 0 Å². The molecule has 3 rings (SSSR count). The molecule has 1 aromatic rings. The Balaban J connectivity index is 1.50. The Morgan fingerprint density at radius 3 is 2.48 bits per heavy atom. The number of nitrogens with zero attached hydrogens (tertiary/aromatic N) is 1. The molecule has 21 heavy (non-hydrogen) atoms. The first-order chi connectivity index (χ1) is 10.3. The number of carbonyl (C=O) groups is 1. The zero-order chi connectivity index (χ0) is 14.5. The quantitative estimate of drug-likeness (QED) is 0.777. The molecule has 0 unspecified atom stereocenters. The zero-order valence-electron chi connectivity index (χ0n) is 12.5. The van der Waals surface area contributed by atoms with Gasteiger partial charge in [0.05, 0.1) is 0 Å². The van der Waals surface area contributed by atoms with Crippen molar-refractivity contribution in [3.63, 3.8) is 0 Å². The topological polar surface area (TPSA) is 29.5 Å². The fourth-order valence-electron chi connectivity index (χ4n) is 3.05. The molecule has 0 bridgehead atoms. The Kier molecular flexibility index (Phi) is 4.71. The van der Waals surface area contributed by atoms with E-state index in [1.807, 2.05) is 30.3 Å². The molecular formula is C18H23NO2. The number of rotatable bonds is 5. The third-order valence-corrected chi connectivity index (χ3v) is 4.30. The molecule has 0 amide bonds. The lowest BCUT2D eigenvalue weighted by atomic mass is 10.1. The molecule has 0 radical (unpaired) electrons. The summed E-state index contributed by atoms with van der Waals surface area (Å²) in [6.45, 7) is 4.19. The summed E-state index contributed by atoms with van der Waals surface area (Å²) in [4.78, 5) is 14.1. The lowest BCUT2D eigenvalue weighted by Gasteiger charge is -2.14. The van der Waals surface area contributed by atoms with Gasteiger partial charge >= 0.3 is 0 Å². The number of ketones is 1. The van der Waals surface area contributed by atoms with Gasteiger partial charge in [-0.05, 0) is 68.1 Å². The highest BCUT2D eigenvalue weighted by Crippen LogP contribution is 2.23. The van der Waals surface area contributed by atoms with Crippen LogP contribution in [0.1, 0.15) is 37.7 Å². The highest BCUT2D eigenvalue weighted by atomic mass is 16.5. The average molecular weight is 285 g/mol. The maximum Gasteiger partial charge on any atom is 0.158 e. The summed E-state index contributed by atoms with van der Waals surface area (Å²) in [5.74, 6) is 1.22. The van der Waals surface area contributed by atoms with Crippen LogP contribution in [0, 0.1) is 0 Å². The number of likely N-dealkylation sites (tertiary alicyclic amines) is 1. The Morgan fingerprint density at radius 1 is 1.05 bits per heavy atom. The molecule has 1 heterocycles. The second kappa shape index (κ2) is 6.90. The summed E-state index contributed by atoms with van der Waals surface area (Å²) in [6, 6.07) is 8.05. The van der Waals surface area contributed by atoms with Crippen LogP contribution in [0.25, 0.3) is 6.08 Å². The molecular weight excluding hydrogens is 262 g/mol. The Hall–Kier alpha value is -1.61. The summed E-state index contributed by atoms with van der Waals surface area (Å²) in [5.41, 5.74) is 2.06. The Bertz CT molecular complexity index is 513. The molecule has 1 aromatic carbocycles. The van der Waals surface area contributed by atoms with E-state index in [9.17, 15) is 4.79 Å². The number of allylic oxidation sites excluding steroid dienone is 1. The SMILES string of the molecule is O=C1CCC/C1=C/c1ccc(OCCN2CCCC2)cc1. The highest BCUT2D eigenvalue weighted by Gasteiger charge is 2.16. The molecule has 0 spiro atoms. The van der Waals surface area contributed by atoms with E-state index >= 15 is 0 Å². The normalized spacial score (nSPS) is 21.3. The van der Waals surface area contributed by atoms with Gasteiger partial charge in [-0.3, -0.25) is 9.69 Å². The summed E-state index contributed by atoms with van der Waals surface area (Å²) >= 11 is 0. The van der Waals surface area contributed by atoms with Crippen molar-refractivity contribution in [1.29, 1.82) is 0 Å². The van der Waals surface area contributed by atoms with Gasteiger partial charge in [-0.15, -0.1) is 0 Å². The third-order valence-electron chi connectivity index (χ3n) is 4.30. The van der Waals surface area contributed by atoms with Gasteiger partial charge in [-0.1, -0.05) is 12.1 Å². The molecule has 0 aromatic heterocycles. The first kappa shape index (κ1) is 14.3. The molecule has 3 heteroatoms. The van der Waals surface area contributed by atoms with Crippen molar-refractivity contribution in [2.75, 3.05) is 26.2 Å². The molecule has 1 aliphatic heterocycles. The highest BCUT2D eigenvalue weighted by molar-refractivity contribution is 6.01. The first-order valence-electron chi connectivity index (χ1n) is 8.00. The maximum atomic E-state index is 11.6. The van der Waals surface area contributed by atoms with E-state index in [1.165, 1.54) is 25.9 Å². The fraction of sp³-hybridized carbons (Fsp3) is 0.500. The van der Waals surface area contributed by atoms with Crippen molar-refractivity contribution in [3.05, 3.63) is 35.4 Å². The van der Waals surface area contributed by atoms with Gasteiger partial charge in [-0.25, -0.2) is 0 Å². The molecule has 3 nitrogen and oxygen atoms in total. The van der Waals surface area contributed by atoms with Gasteiger partial charge in [0.2, 0.25) is 0 Å². The van der Waals surface area contributed by atoms with Gasteiger partial charge < -0.3 is 4.74 Å². The Labute approximate surface area is 126 Å². The largest absolute Gasteiger partial charge is 0.492 e. The van der Waals surface area contributed by atoms with Crippen LogP contribution in [-0.2, 0) is 4.79 Å². The van der Waals surface area contributed by atoms with Gasteiger partial charge in [0.1, 0.15) is 12.4 Å². The predicted molar refractivity (Wildman–Crippen MR) is 84.4 cm³/mol. The van der Waals surface area contributed by atoms with Crippen LogP contribution >= 0.6 is 0 Å². The van der Waals surface area contributed by atoms with Crippen LogP contribution in [0.2, 0.25) is 0 Å². The molecule has 2 fully saturated rings. The van der Waals surface area contributed by atoms with Crippen LogP contribution in [0.15, 0.2) is 29.8 Å². The first-order valence-corrected chi connectivity index (χ1v) is 8.00. The van der Waals surface area contributed by atoms with Gasteiger partial charge in [0, 0.05) is 13.0 Å². The van der Waals surface area contributed by atoms with E-state index in [1.54, 1.807) is 0 Å². The number of carbonyl (C=O) groups excluding carboxylic acids is 1. The van der Waals surface area contributed by atoms with Crippen molar-refractivity contribution >= 4 is 11.9 Å². The van der Waals surface area contributed by atoms with Gasteiger partial charge in [0.25, 0.3) is 0 Å². The molecule has 1 saturated carbocycles. The number of hydrogen-bond acceptors (Lipinski definition) is 3. The average Bonchev–Trinajstić information content (AvgIpc) is 3.14. The molecule has 0 N–H and O–H groups in total. The lowest BCUT2D eigenvalue weighted by Crippen LogP contribution is -2.25. The number of ether oxygens (including phenoxy) is 1. The van der Waals surface area contributed by atoms with E-state index in [4.69, 9.17) is 4.74 Å². The minimum absolute atomic E-state index is 0.306. The Morgan fingerprint density at radius 2 is 1.81 bits per heavy atom. The van der Waals surface area contributed by atoms with Crippen LogP contribution in [0.5, 0.6) is 5.75 Å². The number of hydrogen-bond donors (Lipinski definition) is 0. The number of benzene rings is 1. The second-order valence-corrected chi connectivity index (χ2v) is 5.91. The smallest absolute Gasteiger partial charge is 0.158 e. The van der Waals surface area contributed by atoms with Crippen LogP contribution in [-0.4, -0.2) is 36.9 Å². The van der Waals surface area contributed by atoms with Crippen LogP contribution in [0.3, 0.4) is 0 Å². The van der Waals surface area contributed by atoms with Crippen LogP contribution < -0.4 is 4.74 Å². The monoisotopic (exact) mass is 285 g/mol. The number of Topliss-reactive ketones (excluding diaryl/α,β-unsaturated/α-hetero) is 1. The van der Waals surface area contributed by atoms with Gasteiger partial charge in [0.15, 0.2) is 5.78 Å². The molecule has 2 aliphatic rings. The van der Waals surface area contributed by atoms with E-state index in [2.05, 4.69) is 4.90 Å². The summed E-state index contributed by atoms with van der Waals surface area (Å²) in [6.07, 6.45) is 7.30. The molecule has 0 atom stereocenters. The molecule has 1 saturated heterocycles. The summed E-state index contributed by atoms with van der Waals surface area (Å²) in [7, 11) is 0. The van der Waals surface area contributed by atoms with E-state index in [0.717, 1.165) is 42.9 Å². The summed E-state index contributed by atoms with van der Waals surface area (Å²) < 4.78 is 5.78. The zero-order valence-corrected chi connectivity index (χ0v) is 12.5. The second-order valence-electron chi connectivity index (χ2n) is 5.91. The van der Waals surface area contributed by atoms with E-state index in [-0.39, 0.29) is 0 Å². The minimum atomic E-state index is 0.306. The lowest BCUT2D eigenvalue weighted by molar-refractivity contribution is -0.114. The third kappa shape index (κ3) is 3.94. The molecule has 112 valence electrons. The van der Waals surface area contributed by atoms with E-state index < -0.39 is 0 Å². The summed E-state index contributed by atoms with van der Waals surface area (Å²) in [5, 5.41) is 0. The van der Waals surface area contributed by atoms with Crippen LogP contribution in [0.4, 0.5) is 0 Å². The molecule has 1 aliphatic carbocycles. The predicted octanol–water partition coefficient (Wildman–Crippen LogP) is 3.30. The van der Waals surface area contributed by atoms with Crippen molar-refractivity contribution in [2.45, 2.75) is 32.1 Å². The van der Waals surface area contributed by atoms with Gasteiger partial charge in [-0.2, -0.15) is 0 Å². The standard InChI is InChI=1S/C18H23NO2/c20-18-5-3-4-16(18)14-15-6-8-17(9-7-15)21-13-12-19-10-1-2-11-19/h6-9,14H,1-5,10-13H2/b16-14-.